The summed E-state index contributed by atoms with van der Waals surface area (Å²) in [5, 5.41) is 5.08. The van der Waals surface area contributed by atoms with Gasteiger partial charge in [-0.3, -0.25) is 9.59 Å². The minimum absolute atomic E-state index is 0.0305. The van der Waals surface area contributed by atoms with Gasteiger partial charge in [-0.15, -0.1) is 0 Å². The van der Waals surface area contributed by atoms with E-state index >= 15 is 0 Å². The van der Waals surface area contributed by atoms with E-state index in [0.29, 0.717) is 17.6 Å². The molecule has 0 aromatic heterocycles. The molecule has 2 aromatic rings. The second-order valence-electron chi connectivity index (χ2n) is 6.84. The number of amides is 1. The largest absolute Gasteiger partial charge is 0.454 e. The predicted octanol–water partition coefficient (Wildman–Crippen LogP) is 3.33. The van der Waals surface area contributed by atoms with Gasteiger partial charge in [-0.1, -0.05) is 18.2 Å². The van der Waals surface area contributed by atoms with Crippen molar-refractivity contribution in [3.63, 3.8) is 0 Å². The molecule has 0 saturated carbocycles. The number of ether oxygens (including phenoxy) is 3. The van der Waals surface area contributed by atoms with Crippen molar-refractivity contribution < 1.29 is 41.8 Å². The zero-order valence-electron chi connectivity index (χ0n) is 17.3. The van der Waals surface area contributed by atoms with E-state index in [2.05, 4.69) is 10.6 Å². The van der Waals surface area contributed by atoms with Gasteiger partial charge in [-0.25, -0.2) is 4.79 Å². The lowest BCUT2D eigenvalue weighted by Crippen LogP contribution is -2.35. The molecule has 1 atom stereocenters. The van der Waals surface area contributed by atoms with Gasteiger partial charge in [0.2, 0.25) is 6.79 Å². The lowest BCUT2D eigenvalue weighted by molar-refractivity contribution is -0.165. The summed E-state index contributed by atoms with van der Waals surface area (Å²) in [5.41, 5.74) is 0.819. The van der Waals surface area contributed by atoms with E-state index in [1.807, 2.05) is 0 Å². The highest BCUT2D eigenvalue weighted by Crippen LogP contribution is 2.32. The Labute approximate surface area is 186 Å². The number of nitrogens with one attached hydrogen (secondary N) is 2. The molecule has 174 valence electrons. The highest BCUT2D eigenvalue weighted by atomic mass is 19.4. The summed E-state index contributed by atoms with van der Waals surface area (Å²) < 4.78 is 52.5. The molecule has 0 spiro atoms. The van der Waals surface area contributed by atoms with E-state index in [0.717, 1.165) is 11.8 Å². The fraction of sp³-hybridized carbons (Fsp3) is 0.227. The fourth-order valence-corrected chi connectivity index (χ4v) is 2.75. The molecular weight excluding hydrogens is 445 g/mol. The number of carbonyl (C=O) groups excluding carboxylic acids is 3. The average molecular weight is 464 g/mol. The minimum Gasteiger partial charge on any atom is -0.454 e. The summed E-state index contributed by atoms with van der Waals surface area (Å²) in [5.74, 6) is -2.31. The topological polar surface area (TPSA) is 103 Å². The average Bonchev–Trinajstić information content (AvgIpc) is 3.24. The molecule has 0 radical (unpaired) electrons. The Morgan fingerprint density at radius 3 is 2.61 bits per heavy atom. The first-order chi connectivity index (χ1) is 15.6. The van der Waals surface area contributed by atoms with Crippen LogP contribution in [0.5, 0.6) is 11.5 Å². The first kappa shape index (κ1) is 23.6. The first-order valence-corrected chi connectivity index (χ1v) is 9.65. The number of esters is 1. The molecule has 2 N–H and O–H groups in total. The Hall–Kier alpha value is -4.02. The van der Waals surface area contributed by atoms with Gasteiger partial charge in [0.05, 0.1) is 11.3 Å². The number of alkyl halides is 3. The third kappa shape index (κ3) is 6.25. The Kier molecular flexibility index (Phi) is 7.21. The van der Waals surface area contributed by atoms with Crippen LogP contribution in [0.2, 0.25) is 0 Å². The van der Waals surface area contributed by atoms with Crippen LogP contribution in [0.15, 0.2) is 54.7 Å². The number of rotatable bonds is 8. The minimum atomic E-state index is -5.00. The molecule has 1 unspecified atom stereocenters. The van der Waals surface area contributed by atoms with Crippen LogP contribution in [0.25, 0.3) is 0 Å². The summed E-state index contributed by atoms with van der Waals surface area (Å²) in [6.07, 6.45) is -5.08. The van der Waals surface area contributed by atoms with Crippen LogP contribution in [0, 0.1) is 0 Å². The number of hydrogen-bond acceptors (Lipinski definition) is 7. The number of allylic oxidation sites excluding steroid dienone is 1. The molecule has 33 heavy (non-hydrogen) atoms. The molecule has 0 fully saturated rings. The SMILES string of the molecule is CC(OC(=O)c1ccccc1N/C=C/C(=O)C(F)(F)F)C(=O)NCc1ccc2c(c1)OCO2. The number of carbonyl (C=O) groups is 3. The Balaban J connectivity index is 1.56. The summed E-state index contributed by atoms with van der Waals surface area (Å²) >= 11 is 0. The Bertz CT molecular complexity index is 1080. The fourth-order valence-electron chi connectivity index (χ4n) is 2.75. The summed E-state index contributed by atoms with van der Waals surface area (Å²) in [6, 6.07) is 11.0. The monoisotopic (exact) mass is 464 g/mol. The van der Waals surface area contributed by atoms with Crippen molar-refractivity contribution in [3.8, 4) is 11.5 Å². The van der Waals surface area contributed by atoms with Crippen LogP contribution in [0.4, 0.5) is 18.9 Å². The summed E-state index contributed by atoms with van der Waals surface area (Å²) in [6.45, 7) is 1.67. The van der Waals surface area contributed by atoms with E-state index in [1.54, 1.807) is 18.2 Å². The molecule has 1 aliphatic heterocycles. The molecule has 0 bridgehead atoms. The molecule has 0 saturated heterocycles. The Morgan fingerprint density at radius 1 is 1.12 bits per heavy atom. The zero-order valence-corrected chi connectivity index (χ0v) is 17.3. The maximum atomic E-state index is 12.5. The van der Waals surface area contributed by atoms with Crippen LogP contribution >= 0.6 is 0 Å². The second kappa shape index (κ2) is 10.1. The molecule has 0 aliphatic carbocycles. The van der Waals surface area contributed by atoms with E-state index in [9.17, 15) is 27.6 Å². The highest BCUT2D eigenvalue weighted by molar-refractivity contribution is 5.98. The van der Waals surface area contributed by atoms with Crippen molar-refractivity contribution in [2.24, 2.45) is 0 Å². The number of halogens is 3. The van der Waals surface area contributed by atoms with Gasteiger partial charge in [0.15, 0.2) is 17.6 Å². The van der Waals surface area contributed by atoms with E-state index < -0.39 is 29.9 Å². The second-order valence-corrected chi connectivity index (χ2v) is 6.84. The Morgan fingerprint density at radius 2 is 1.85 bits per heavy atom. The number of ketones is 1. The number of fused-ring (bicyclic) bond motifs is 1. The van der Waals surface area contributed by atoms with Crippen molar-refractivity contribution >= 4 is 23.3 Å². The third-order valence-electron chi connectivity index (χ3n) is 4.46. The lowest BCUT2D eigenvalue weighted by atomic mass is 10.1. The summed E-state index contributed by atoms with van der Waals surface area (Å²) in [7, 11) is 0. The molecule has 1 aliphatic rings. The maximum Gasteiger partial charge on any atom is 0.454 e. The van der Waals surface area contributed by atoms with Gasteiger partial charge in [0.25, 0.3) is 11.7 Å². The van der Waals surface area contributed by atoms with Gasteiger partial charge in [-0.05, 0) is 36.8 Å². The van der Waals surface area contributed by atoms with Gasteiger partial charge in [-0.2, -0.15) is 13.2 Å². The standard InChI is InChI=1S/C22H19F3N2O6/c1-13(20(29)27-11-14-6-7-17-18(10-14)32-12-31-17)33-21(30)15-4-2-3-5-16(15)26-9-8-19(28)22(23,24)25/h2-10,13,26H,11-12H2,1H3,(H,27,29)/b9-8+. The van der Waals surface area contributed by atoms with Crippen molar-refractivity contribution in [2.45, 2.75) is 25.7 Å². The van der Waals surface area contributed by atoms with Crippen molar-refractivity contribution in [1.29, 1.82) is 0 Å². The van der Waals surface area contributed by atoms with Gasteiger partial charge in [0, 0.05) is 18.8 Å². The van der Waals surface area contributed by atoms with Crippen LogP contribution in [-0.2, 0) is 20.9 Å². The third-order valence-corrected chi connectivity index (χ3v) is 4.46. The quantitative estimate of drug-likeness (QED) is 0.456. The van der Waals surface area contributed by atoms with Crippen LogP contribution in [0.1, 0.15) is 22.8 Å². The molecular formula is C22H19F3N2O6. The molecule has 3 rings (SSSR count). The number of para-hydroxylation sites is 1. The molecule has 1 heterocycles. The van der Waals surface area contributed by atoms with Crippen LogP contribution < -0.4 is 20.1 Å². The van der Waals surface area contributed by atoms with Crippen LogP contribution in [0.3, 0.4) is 0 Å². The van der Waals surface area contributed by atoms with E-state index in [4.69, 9.17) is 14.2 Å². The summed E-state index contributed by atoms with van der Waals surface area (Å²) in [4.78, 5) is 35.7. The predicted molar refractivity (Wildman–Crippen MR) is 110 cm³/mol. The normalized spacial score (nSPS) is 13.5. The molecule has 2 aromatic carbocycles. The van der Waals surface area contributed by atoms with Crippen LogP contribution in [-0.4, -0.2) is 36.7 Å². The van der Waals surface area contributed by atoms with Crippen molar-refractivity contribution in [1.82, 2.24) is 5.32 Å². The van der Waals surface area contributed by atoms with Gasteiger partial charge >= 0.3 is 12.1 Å². The lowest BCUT2D eigenvalue weighted by Gasteiger charge is -2.15. The molecule has 11 heteroatoms. The number of benzene rings is 2. The van der Waals surface area contributed by atoms with E-state index in [1.165, 1.54) is 31.2 Å². The molecule has 8 nitrogen and oxygen atoms in total. The van der Waals surface area contributed by atoms with Crippen molar-refractivity contribution in [2.75, 3.05) is 12.1 Å². The van der Waals surface area contributed by atoms with E-state index in [-0.39, 0.29) is 24.6 Å². The first-order valence-electron chi connectivity index (χ1n) is 9.65. The smallest absolute Gasteiger partial charge is 0.454 e. The number of anilines is 1. The number of hydrogen-bond donors (Lipinski definition) is 2. The van der Waals surface area contributed by atoms with Gasteiger partial charge < -0.3 is 24.8 Å². The van der Waals surface area contributed by atoms with Gasteiger partial charge in [0.1, 0.15) is 0 Å². The van der Waals surface area contributed by atoms with Crippen molar-refractivity contribution in [3.05, 3.63) is 65.9 Å². The molecule has 1 amide bonds. The maximum absolute atomic E-state index is 12.5. The zero-order chi connectivity index (χ0) is 24.0. The highest BCUT2D eigenvalue weighted by Gasteiger charge is 2.36.